The zero-order valence-corrected chi connectivity index (χ0v) is 11.4. The molecule has 0 atom stereocenters. The molecule has 0 aliphatic rings. The van der Waals surface area contributed by atoms with E-state index < -0.39 is 0 Å². The minimum Gasteiger partial charge on any atom is -0.322 e. The lowest BCUT2D eigenvalue weighted by Crippen LogP contribution is -2.11. The monoisotopic (exact) mass is 253 g/mol. The Morgan fingerprint density at radius 1 is 1.00 bits per heavy atom. The summed E-state index contributed by atoms with van der Waals surface area (Å²) in [6, 6.07) is 15.6. The molecule has 1 amide bonds. The second-order valence-corrected chi connectivity index (χ2v) is 4.77. The minimum atomic E-state index is -0.0631. The molecule has 0 saturated heterocycles. The summed E-state index contributed by atoms with van der Waals surface area (Å²) in [6.45, 7) is 4.18. The van der Waals surface area contributed by atoms with Crippen LogP contribution in [0.3, 0.4) is 0 Å². The fourth-order valence-electron chi connectivity index (χ4n) is 1.95. The molecule has 0 spiro atoms. The van der Waals surface area contributed by atoms with Gasteiger partial charge in [-0.1, -0.05) is 43.2 Å². The summed E-state index contributed by atoms with van der Waals surface area (Å²) in [4.78, 5) is 12.1. The highest BCUT2D eigenvalue weighted by Crippen LogP contribution is 2.12. The zero-order chi connectivity index (χ0) is 13.7. The molecule has 0 aromatic heterocycles. The molecule has 0 radical (unpaired) electrons. The quantitative estimate of drug-likeness (QED) is 0.869. The highest BCUT2D eigenvalue weighted by atomic mass is 16.1. The lowest BCUT2D eigenvalue weighted by Gasteiger charge is -2.06. The lowest BCUT2D eigenvalue weighted by atomic mass is 10.1. The van der Waals surface area contributed by atoms with E-state index in [1.54, 1.807) is 0 Å². The van der Waals surface area contributed by atoms with Gasteiger partial charge in [0.15, 0.2) is 0 Å². The van der Waals surface area contributed by atoms with Crippen molar-refractivity contribution in [1.29, 1.82) is 0 Å². The van der Waals surface area contributed by atoms with Crippen molar-refractivity contribution in [3.05, 3.63) is 65.2 Å². The number of benzene rings is 2. The smallest absolute Gasteiger partial charge is 0.255 e. The lowest BCUT2D eigenvalue weighted by molar-refractivity contribution is 0.102. The number of hydrogen-bond acceptors (Lipinski definition) is 1. The van der Waals surface area contributed by atoms with Gasteiger partial charge >= 0.3 is 0 Å². The Morgan fingerprint density at radius 2 is 1.63 bits per heavy atom. The maximum absolute atomic E-state index is 12.1. The number of anilines is 1. The average Bonchev–Trinajstić information content (AvgIpc) is 2.42. The first-order valence-corrected chi connectivity index (χ1v) is 6.66. The first-order chi connectivity index (χ1) is 9.19. The fourth-order valence-corrected chi connectivity index (χ4v) is 1.95. The maximum atomic E-state index is 12.1. The van der Waals surface area contributed by atoms with Crippen LogP contribution < -0.4 is 5.32 Å². The fraction of sp³-hybridized carbons (Fsp3) is 0.235. The summed E-state index contributed by atoms with van der Waals surface area (Å²) >= 11 is 0. The predicted octanol–water partition coefficient (Wildman–Crippen LogP) is 4.20. The average molecular weight is 253 g/mol. The van der Waals surface area contributed by atoms with E-state index in [4.69, 9.17) is 0 Å². The molecule has 0 bridgehead atoms. The van der Waals surface area contributed by atoms with Gasteiger partial charge in [0.05, 0.1) is 0 Å². The van der Waals surface area contributed by atoms with E-state index in [0.717, 1.165) is 18.5 Å². The van der Waals surface area contributed by atoms with Crippen molar-refractivity contribution in [2.45, 2.75) is 26.7 Å². The second kappa shape index (κ2) is 6.19. The molecule has 0 fully saturated rings. The molecule has 0 saturated carbocycles. The molecule has 0 heterocycles. The molecule has 2 heteroatoms. The Morgan fingerprint density at radius 3 is 2.21 bits per heavy atom. The summed E-state index contributed by atoms with van der Waals surface area (Å²) in [6.07, 6.45) is 2.18. The summed E-state index contributed by atoms with van der Waals surface area (Å²) in [5.74, 6) is -0.0631. The molecule has 2 nitrogen and oxygen atoms in total. The van der Waals surface area contributed by atoms with Gasteiger partial charge in [0, 0.05) is 11.3 Å². The van der Waals surface area contributed by atoms with Crippen molar-refractivity contribution in [3.8, 4) is 0 Å². The van der Waals surface area contributed by atoms with Crippen LogP contribution in [0.5, 0.6) is 0 Å². The first-order valence-electron chi connectivity index (χ1n) is 6.66. The van der Waals surface area contributed by atoms with Crippen LogP contribution in [-0.4, -0.2) is 5.91 Å². The Kier molecular flexibility index (Phi) is 4.35. The third-order valence-corrected chi connectivity index (χ3v) is 3.06. The Balaban J connectivity index is 2.05. The molecule has 0 aliphatic carbocycles. The summed E-state index contributed by atoms with van der Waals surface area (Å²) in [7, 11) is 0. The van der Waals surface area contributed by atoms with E-state index in [0.29, 0.717) is 5.56 Å². The van der Waals surface area contributed by atoms with Gasteiger partial charge < -0.3 is 5.32 Å². The van der Waals surface area contributed by atoms with Crippen LogP contribution in [0.25, 0.3) is 0 Å². The van der Waals surface area contributed by atoms with Crippen LogP contribution >= 0.6 is 0 Å². The van der Waals surface area contributed by atoms with Crippen molar-refractivity contribution in [1.82, 2.24) is 0 Å². The van der Waals surface area contributed by atoms with E-state index in [1.165, 1.54) is 11.1 Å². The highest BCUT2D eigenvalue weighted by Gasteiger charge is 2.05. The molecular formula is C17H19NO. The van der Waals surface area contributed by atoms with Crippen LogP contribution in [0.1, 0.15) is 34.8 Å². The number of amides is 1. The van der Waals surface area contributed by atoms with Gasteiger partial charge in [0.2, 0.25) is 0 Å². The van der Waals surface area contributed by atoms with Gasteiger partial charge in [-0.15, -0.1) is 0 Å². The Labute approximate surface area is 114 Å². The molecule has 1 N–H and O–H groups in total. The number of carbonyl (C=O) groups excluding carboxylic acids is 1. The minimum absolute atomic E-state index is 0.0631. The van der Waals surface area contributed by atoms with Crippen molar-refractivity contribution in [3.63, 3.8) is 0 Å². The van der Waals surface area contributed by atoms with Crippen LogP contribution in [0, 0.1) is 6.92 Å². The van der Waals surface area contributed by atoms with E-state index in [-0.39, 0.29) is 5.91 Å². The summed E-state index contributed by atoms with van der Waals surface area (Å²) in [5.41, 5.74) is 3.98. The molecule has 2 aromatic rings. The number of hydrogen-bond donors (Lipinski definition) is 1. The van der Waals surface area contributed by atoms with Crippen LogP contribution in [0.4, 0.5) is 5.69 Å². The molecular weight excluding hydrogens is 234 g/mol. The van der Waals surface area contributed by atoms with E-state index in [1.807, 2.05) is 55.5 Å². The van der Waals surface area contributed by atoms with Crippen molar-refractivity contribution < 1.29 is 4.79 Å². The van der Waals surface area contributed by atoms with Crippen molar-refractivity contribution in [2.24, 2.45) is 0 Å². The van der Waals surface area contributed by atoms with Crippen molar-refractivity contribution >= 4 is 11.6 Å². The molecule has 0 aliphatic heterocycles. The number of carbonyl (C=O) groups is 1. The molecule has 19 heavy (non-hydrogen) atoms. The van der Waals surface area contributed by atoms with Gasteiger partial charge in [-0.05, 0) is 43.2 Å². The largest absolute Gasteiger partial charge is 0.322 e. The van der Waals surface area contributed by atoms with Crippen LogP contribution in [-0.2, 0) is 6.42 Å². The molecule has 2 aromatic carbocycles. The Hall–Kier alpha value is -2.09. The molecule has 0 unspecified atom stereocenters. The maximum Gasteiger partial charge on any atom is 0.255 e. The third kappa shape index (κ3) is 3.68. The van der Waals surface area contributed by atoms with Crippen molar-refractivity contribution in [2.75, 3.05) is 5.32 Å². The predicted molar refractivity (Wildman–Crippen MR) is 79.6 cm³/mol. The molecule has 98 valence electrons. The highest BCUT2D eigenvalue weighted by molar-refractivity contribution is 6.04. The van der Waals surface area contributed by atoms with E-state index >= 15 is 0 Å². The first kappa shape index (κ1) is 13.3. The number of nitrogens with one attached hydrogen (secondary N) is 1. The normalized spacial score (nSPS) is 10.2. The van der Waals surface area contributed by atoms with Crippen LogP contribution in [0.15, 0.2) is 48.5 Å². The van der Waals surface area contributed by atoms with Gasteiger partial charge in [-0.2, -0.15) is 0 Å². The zero-order valence-electron chi connectivity index (χ0n) is 11.4. The van der Waals surface area contributed by atoms with Gasteiger partial charge in [-0.25, -0.2) is 0 Å². The van der Waals surface area contributed by atoms with E-state index in [2.05, 4.69) is 12.2 Å². The Bertz CT molecular complexity index is 540. The number of rotatable bonds is 4. The second-order valence-electron chi connectivity index (χ2n) is 4.77. The molecule has 2 rings (SSSR count). The van der Waals surface area contributed by atoms with Gasteiger partial charge in [0.1, 0.15) is 0 Å². The third-order valence-electron chi connectivity index (χ3n) is 3.06. The topological polar surface area (TPSA) is 29.1 Å². The van der Waals surface area contributed by atoms with Gasteiger partial charge in [0.25, 0.3) is 5.91 Å². The summed E-state index contributed by atoms with van der Waals surface area (Å²) < 4.78 is 0. The van der Waals surface area contributed by atoms with Gasteiger partial charge in [-0.3, -0.25) is 4.79 Å². The van der Waals surface area contributed by atoms with E-state index in [9.17, 15) is 4.79 Å². The number of aryl methyl sites for hydroxylation is 2. The SMILES string of the molecule is CCCc1ccc(C(=O)Nc2ccc(C)cc2)cc1. The van der Waals surface area contributed by atoms with Crippen LogP contribution in [0.2, 0.25) is 0 Å². The summed E-state index contributed by atoms with van der Waals surface area (Å²) in [5, 5.41) is 2.90. The standard InChI is InChI=1S/C17H19NO/c1-3-4-14-7-9-15(10-8-14)17(19)18-16-11-5-13(2)6-12-16/h5-12H,3-4H2,1-2H3,(H,18,19).